The van der Waals surface area contributed by atoms with Crippen molar-refractivity contribution in [2.45, 2.75) is 18.6 Å². The number of carbonyl (C=O) groups is 1. The number of pyridine rings is 1. The first kappa shape index (κ1) is 18.7. The maximum Gasteiger partial charge on any atom is 0.255 e. The van der Waals surface area contributed by atoms with Crippen LogP contribution in [0.25, 0.3) is 0 Å². The minimum absolute atomic E-state index is 0.225. The van der Waals surface area contributed by atoms with Gasteiger partial charge in [0, 0.05) is 37.7 Å². The van der Waals surface area contributed by atoms with Crippen molar-refractivity contribution in [2.24, 2.45) is 0 Å². The van der Waals surface area contributed by atoms with Crippen molar-refractivity contribution >= 4 is 17.4 Å². The Hall–Kier alpha value is -2.65. The van der Waals surface area contributed by atoms with Gasteiger partial charge in [0.1, 0.15) is 5.82 Å². The van der Waals surface area contributed by atoms with Crippen LogP contribution >= 0.6 is 0 Å². The molecule has 0 aliphatic carbocycles. The van der Waals surface area contributed by atoms with Crippen LogP contribution in [0.4, 0.5) is 24.7 Å². The van der Waals surface area contributed by atoms with Crippen LogP contribution in [0.3, 0.4) is 0 Å². The summed E-state index contributed by atoms with van der Waals surface area (Å²) in [5, 5.41) is 2.26. The highest BCUT2D eigenvalue weighted by atomic mass is 19.2. The number of benzene rings is 1. The summed E-state index contributed by atoms with van der Waals surface area (Å²) in [7, 11) is 0. The maximum absolute atomic E-state index is 13.8. The molecule has 9 heteroatoms. The number of anilines is 2. The van der Waals surface area contributed by atoms with Crippen LogP contribution in [0.1, 0.15) is 23.2 Å². The number of halogens is 3. The molecule has 0 radical (unpaired) electrons. The fourth-order valence-corrected chi connectivity index (χ4v) is 3.41. The van der Waals surface area contributed by atoms with Gasteiger partial charge in [0.25, 0.3) is 5.91 Å². The molecule has 2 aliphatic rings. The summed E-state index contributed by atoms with van der Waals surface area (Å²) >= 11 is 0. The molecule has 0 atom stereocenters. The van der Waals surface area contributed by atoms with E-state index in [2.05, 4.69) is 10.3 Å². The van der Waals surface area contributed by atoms with Gasteiger partial charge in [-0.2, -0.15) is 0 Å². The molecule has 2 aliphatic heterocycles. The number of nitrogens with one attached hydrogen (secondary N) is 1. The molecule has 1 amide bonds. The van der Waals surface area contributed by atoms with E-state index in [0.717, 1.165) is 12.1 Å². The monoisotopic (exact) mass is 393 g/mol. The molecular formula is C19H18F3N3O3. The van der Waals surface area contributed by atoms with Crippen LogP contribution in [0.5, 0.6) is 0 Å². The number of hydrogen-bond donors (Lipinski definition) is 1. The normalized spacial score (nSPS) is 18.5. The summed E-state index contributed by atoms with van der Waals surface area (Å²) in [6.45, 7) is 2.48. The zero-order valence-corrected chi connectivity index (χ0v) is 14.9. The molecular weight excluding hydrogens is 375 g/mol. The molecule has 3 heterocycles. The van der Waals surface area contributed by atoms with Gasteiger partial charge in [-0.3, -0.25) is 4.79 Å². The first-order chi connectivity index (χ1) is 13.5. The van der Waals surface area contributed by atoms with Gasteiger partial charge in [0.2, 0.25) is 0 Å². The number of carbonyl (C=O) groups excluding carboxylic acids is 1. The molecule has 2 fully saturated rings. The summed E-state index contributed by atoms with van der Waals surface area (Å²) < 4.78 is 51.5. The lowest BCUT2D eigenvalue weighted by atomic mass is 10.0. The fourth-order valence-electron chi connectivity index (χ4n) is 3.41. The Morgan fingerprint density at radius 1 is 1.07 bits per heavy atom. The molecule has 2 saturated heterocycles. The Balaban J connectivity index is 1.46. The number of nitrogens with zero attached hydrogens (tertiary/aromatic N) is 2. The number of ether oxygens (including phenoxy) is 2. The van der Waals surface area contributed by atoms with Crippen molar-refractivity contribution in [1.82, 2.24) is 4.98 Å². The molecule has 148 valence electrons. The quantitative estimate of drug-likeness (QED) is 0.812. The lowest BCUT2D eigenvalue weighted by molar-refractivity contribution is -0.169. The van der Waals surface area contributed by atoms with Gasteiger partial charge in [-0.1, -0.05) is 0 Å². The van der Waals surface area contributed by atoms with Crippen molar-refractivity contribution < 1.29 is 27.4 Å². The smallest absolute Gasteiger partial charge is 0.255 e. The van der Waals surface area contributed by atoms with Gasteiger partial charge in [-0.25, -0.2) is 18.2 Å². The van der Waals surface area contributed by atoms with E-state index in [1.165, 1.54) is 12.3 Å². The van der Waals surface area contributed by atoms with Crippen LogP contribution in [-0.4, -0.2) is 43.0 Å². The Morgan fingerprint density at radius 2 is 1.79 bits per heavy atom. The maximum atomic E-state index is 13.8. The van der Waals surface area contributed by atoms with Crippen molar-refractivity contribution in [3.63, 3.8) is 0 Å². The SMILES string of the molecule is O=C(Nc1ccc(F)c(F)c1F)c1ccnc(N2CCC3(CC2)OCCO3)c1. The third-order valence-electron chi connectivity index (χ3n) is 4.95. The number of hydrogen-bond acceptors (Lipinski definition) is 5. The molecule has 28 heavy (non-hydrogen) atoms. The second-order valence-electron chi connectivity index (χ2n) is 6.67. The average Bonchev–Trinajstić information content (AvgIpc) is 3.17. The number of rotatable bonds is 3. The van der Waals surface area contributed by atoms with Crippen LogP contribution in [0.2, 0.25) is 0 Å². The number of aromatic nitrogens is 1. The Bertz CT molecular complexity index is 893. The molecule has 1 N–H and O–H groups in total. The van der Waals surface area contributed by atoms with Gasteiger partial charge < -0.3 is 19.7 Å². The van der Waals surface area contributed by atoms with E-state index >= 15 is 0 Å². The Kier molecular flexibility index (Phi) is 4.94. The number of amides is 1. The predicted octanol–water partition coefficient (Wildman–Crippen LogP) is 3.09. The summed E-state index contributed by atoms with van der Waals surface area (Å²) in [4.78, 5) is 18.7. The fraction of sp³-hybridized carbons (Fsp3) is 0.368. The summed E-state index contributed by atoms with van der Waals surface area (Å²) in [6, 6.07) is 4.76. The van der Waals surface area contributed by atoms with E-state index in [9.17, 15) is 18.0 Å². The molecule has 1 spiro atoms. The van der Waals surface area contributed by atoms with Gasteiger partial charge >= 0.3 is 0 Å². The van der Waals surface area contributed by atoms with E-state index in [1.54, 1.807) is 6.07 Å². The van der Waals surface area contributed by atoms with E-state index in [1.807, 2.05) is 4.90 Å². The Morgan fingerprint density at radius 3 is 2.50 bits per heavy atom. The summed E-state index contributed by atoms with van der Waals surface area (Å²) in [6.07, 6.45) is 2.84. The standard InChI is InChI=1S/C19H18F3N3O3/c20-13-1-2-14(17(22)16(13)21)24-18(26)12-3-6-23-15(11-12)25-7-4-19(5-8-25)27-9-10-28-19/h1-3,6,11H,4-5,7-10H2,(H,24,26). The largest absolute Gasteiger partial charge is 0.356 e. The van der Waals surface area contributed by atoms with Crippen molar-refractivity contribution in [3.05, 3.63) is 53.5 Å². The minimum Gasteiger partial charge on any atom is -0.356 e. The molecule has 0 bridgehead atoms. The first-order valence-corrected chi connectivity index (χ1v) is 8.91. The lowest BCUT2D eigenvalue weighted by Gasteiger charge is -2.38. The highest BCUT2D eigenvalue weighted by Gasteiger charge is 2.40. The molecule has 1 aromatic carbocycles. The predicted molar refractivity (Wildman–Crippen MR) is 94.6 cm³/mol. The highest BCUT2D eigenvalue weighted by molar-refractivity contribution is 6.04. The second-order valence-corrected chi connectivity index (χ2v) is 6.67. The average molecular weight is 393 g/mol. The van der Waals surface area contributed by atoms with Crippen molar-refractivity contribution in [1.29, 1.82) is 0 Å². The van der Waals surface area contributed by atoms with E-state index < -0.39 is 34.8 Å². The lowest BCUT2D eigenvalue weighted by Crippen LogP contribution is -2.45. The second kappa shape index (κ2) is 7.40. The van der Waals surface area contributed by atoms with Crippen LogP contribution in [0.15, 0.2) is 30.5 Å². The van der Waals surface area contributed by atoms with E-state index in [0.29, 0.717) is 45.0 Å². The topological polar surface area (TPSA) is 63.7 Å². The van der Waals surface area contributed by atoms with Crippen LogP contribution in [0, 0.1) is 17.5 Å². The first-order valence-electron chi connectivity index (χ1n) is 8.91. The molecule has 6 nitrogen and oxygen atoms in total. The van der Waals surface area contributed by atoms with E-state index in [4.69, 9.17) is 9.47 Å². The number of piperidine rings is 1. The minimum atomic E-state index is -1.63. The van der Waals surface area contributed by atoms with Crippen molar-refractivity contribution in [3.8, 4) is 0 Å². The van der Waals surface area contributed by atoms with Gasteiger partial charge in [-0.15, -0.1) is 0 Å². The van der Waals surface area contributed by atoms with Crippen molar-refractivity contribution in [2.75, 3.05) is 36.5 Å². The molecule has 1 aromatic heterocycles. The molecule has 0 saturated carbocycles. The van der Waals surface area contributed by atoms with Gasteiger partial charge in [0.05, 0.1) is 18.9 Å². The molecule has 0 unspecified atom stereocenters. The zero-order valence-electron chi connectivity index (χ0n) is 14.9. The Labute approximate surface area is 159 Å². The molecule has 4 rings (SSSR count). The third kappa shape index (κ3) is 3.55. The van der Waals surface area contributed by atoms with E-state index in [-0.39, 0.29) is 5.56 Å². The van der Waals surface area contributed by atoms with Crippen LogP contribution in [-0.2, 0) is 9.47 Å². The van der Waals surface area contributed by atoms with Gasteiger partial charge in [-0.05, 0) is 24.3 Å². The summed E-state index contributed by atoms with van der Waals surface area (Å²) in [5.41, 5.74) is -0.208. The highest BCUT2D eigenvalue weighted by Crippen LogP contribution is 2.32. The van der Waals surface area contributed by atoms with Crippen LogP contribution < -0.4 is 10.2 Å². The summed E-state index contributed by atoms with van der Waals surface area (Å²) in [5.74, 6) is -4.97. The third-order valence-corrected chi connectivity index (χ3v) is 4.95. The molecule has 2 aromatic rings. The van der Waals surface area contributed by atoms with Gasteiger partial charge in [0.15, 0.2) is 23.2 Å². The zero-order chi connectivity index (χ0) is 19.7.